The number of nitrogens with two attached hydrogens (primary N) is 2. The molecule has 1 aromatic rings. The van der Waals surface area contributed by atoms with E-state index in [0.717, 1.165) is 11.3 Å². The number of amidine groups is 1. The molecule has 3 nitrogen and oxygen atoms in total. The highest BCUT2D eigenvalue weighted by molar-refractivity contribution is 8.13. The zero-order chi connectivity index (χ0) is 9.68. The lowest BCUT2D eigenvalue weighted by molar-refractivity contribution is 1.07. The Morgan fingerprint density at radius 1 is 1.38 bits per heavy atom. The molecule has 4 N–H and O–H groups in total. The smallest absolute Gasteiger partial charge is 0.158 e. The number of nitrogens with zero attached hydrogens (tertiary/aromatic N) is 1. The van der Waals surface area contributed by atoms with E-state index < -0.39 is 0 Å². The molecule has 0 fully saturated rings. The quantitative estimate of drug-likeness (QED) is 0.554. The van der Waals surface area contributed by atoms with Crippen LogP contribution in [0.4, 0.5) is 5.69 Å². The van der Waals surface area contributed by atoms with E-state index in [9.17, 15) is 0 Å². The van der Waals surface area contributed by atoms with Crippen molar-refractivity contribution in [3.63, 3.8) is 0 Å². The molecule has 0 amide bonds. The molecule has 70 valence electrons. The van der Waals surface area contributed by atoms with Crippen LogP contribution in [-0.2, 0) is 6.54 Å². The Bertz CT molecular complexity index is 292. The molecule has 0 bridgehead atoms. The summed E-state index contributed by atoms with van der Waals surface area (Å²) in [4.78, 5) is 4.17. The molecule has 0 aromatic heterocycles. The number of rotatable bonds is 2. The molecule has 0 atom stereocenters. The lowest BCUT2D eigenvalue weighted by Gasteiger charge is -1.98. The molecule has 1 aromatic carbocycles. The summed E-state index contributed by atoms with van der Waals surface area (Å²) in [5.74, 6) is 0. The number of hydrogen-bond acceptors (Lipinski definition) is 3. The molecule has 13 heavy (non-hydrogen) atoms. The summed E-state index contributed by atoms with van der Waals surface area (Å²) in [7, 11) is 0. The first-order valence-corrected chi connectivity index (χ1v) is 5.16. The molecule has 0 radical (unpaired) electrons. The number of aliphatic imine (C=N–C) groups is 1. The third kappa shape index (κ3) is 3.08. The topological polar surface area (TPSA) is 64.4 Å². The molecular formula is C9H13N3S. The number of hydrogen-bond donors (Lipinski definition) is 2. The predicted molar refractivity (Wildman–Crippen MR) is 59.1 cm³/mol. The van der Waals surface area contributed by atoms with Crippen LogP contribution in [0.25, 0.3) is 0 Å². The van der Waals surface area contributed by atoms with Crippen molar-refractivity contribution in [2.24, 2.45) is 16.5 Å². The van der Waals surface area contributed by atoms with Gasteiger partial charge in [-0.3, -0.25) is 0 Å². The summed E-state index contributed by atoms with van der Waals surface area (Å²) in [5, 5.41) is 0.570. The molecule has 1 rings (SSSR count). The van der Waals surface area contributed by atoms with Crippen molar-refractivity contribution >= 4 is 22.6 Å². The third-order valence-electron chi connectivity index (χ3n) is 1.62. The Balaban J connectivity index is 2.80. The second kappa shape index (κ2) is 4.89. The minimum Gasteiger partial charge on any atom is -0.378 e. The Morgan fingerprint density at radius 3 is 2.46 bits per heavy atom. The second-order valence-corrected chi connectivity index (χ2v) is 3.35. The Morgan fingerprint density at radius 2 is 2.00 bits per heavy atom. The van der Waals surface area contributed by atoms with Crippen LogP contribution >= 0.6 is 11.8 Å². The van der Waals surface area contributed by atoms with Gasteiger partial charge < -0.3 is 11.5 Å². The van der Waals surface area contributed by atoms with E-state index in [0.29, 0.717) is 11.7 Å². The zero-order valence-electron chi connectivity index (χ0n) is 7.53. The second-order valence-electron chi connectivity index (χ2n) is 2.52. The van der Waals surface area contributed by atoms with Gasteiger partial charge in [-0.25, -0.2) is 4.99 Å². The maximum absolute atomic E-state index is 5.56. The fraction of sp³-hybridized carbons (Fsp3) is 0.222. The molecule has 0 aliphatic heterocycles. The van der Waals surface area contributed by atoms with Crippen molar-refractivity contribution in [3.8, 4) is 0 Å². The number of benzene rings is 1. The van der Waals surface area contributed by atoms with E-state index in [1.807, 2.05) is 30.5 Å². The van der Waals surface area contributed by atoms with Crippen LogP contribution in [0.1, 0.15) is 5.56 Å². The van der Waals surface area contributed by atoms with Crippen LogP contribution in [0.15, 0.2) is 29.3 Å². The van der Waals surface area contributed by atoms with Gasteiger partial charge in [-0.05, 0) is 24.0 Å². The van der Waals surface area contributed by atoms with E-state index in [1.54, 1.807) is 0 Å². The monoisotopic (exact) mass is 195 g/mol. The maximum Gasteiger partial charge on any atom is 0.158 e. The predicted octanol–water partition coefficient (Wildman–Crippen LogP) is 1.45. The first kappa shape index (κ1) is 10.1. The summed E-state index contributed by atoms with van der Waals surface area (Å²) in [6.45, 7) is 0.558. The van der Waals surface area contributed by atoms with Crippen molar-refractivity contribution < 1.29 is 0 Å². The Hall–Kier alpha value is -1.00. The highest BCUT2D eigenvalue weighted by atomic mass is 32.2. The van der Waals surface area contributed by atoms with E-state index in [1.165, 1.54) is 11.8 Å². The average molecular weight is 195 g/mol. The zero-order valence-corrected chi connectivity index (χ0v) is 8.34. The fourth-order valence-electron chi connectivity index (χ4n) is 0.879. The normalized spacial score (nSPS) is 11.7. The highest BCUT2D eigenvalue weighted by Gasteiger charge is 1.92. The SMILES string of the molecule is CSC(N)=Nc1ccc(CN)cc1. The van der Waals surface area contributed by atoms with Crippen molar-refractivity contribution in [3.05, 3.63) is 29.8 Å². The van der Waals surface area contributed by atoms with Crippen molar-refractivity contribution in [1.82, 2.24) is 0 Å². The van der Waals surface area contributed by atoms with Crippen LogP contribution in [0.5, 0.6) is 0 Å². The van der Waals surface area contributed by atoms with Gasteiger partial charge >= 0.3 is 0 Å². The molecular weight excluding hydrogens is 182 g/mol. The van der Waals surface area contributed by atoms with Crippen LogP contribution in [0, 0.1) is 0 Å². The first-order chi connectivity index (χ1) is 6.26. The Labute approximate surface area is 82.2 Å². The van der Waals surface area contributed by atoms with Gasteiger partial charge in [-0.1, -0.05) is 23.9 Å². The number of thioether (sulfide) groups is 1. The lowest BCUT2D eigenvalue weighted by atomic mass is 10.2. The molecule has 0 unspecified atom stereocenters. The minimum absolute atomic E-state index is 0.558. The van der Waals surface area contributed by atoms with Crippen molar-refractivity contribution in [2.45, 2.75) is 6.54 Å². The molecule has 0 saturated carbocycles. The Kier molecular flexibility index (Phi) is 3.79. The molecule has 0 saturated heterocycles. The average Bonchev–Trinajstić information content (AvgIpc) is 2.19. The molecule has 0 aliphatic rings. The lowest BCUT2D eigenvalue weighted by Crippen LogP contribution is -2.04. The van der Waals surface area contributed by atoms with Gasteiger partial charge in [0.25, 0.3) is 0 Å². The first-order valence-electron chi connectivity index (χ1n) is 3.93. The largest absolute Gasteiger partial charge is 0.378 e. The van der Waals surface area contributed by atoms with E-state index in [4.69, 9.17) is 11.5 Å². The van der Waals surface area contributed by atoms with E-state index >= 15 is 0 Å². The van der Waals surface area contributed by atoms with Gasteiger partial charge in [-0.15, -0.1) is 0 Å². The highest BCUT2D eigenvalue weighted by Crippen LogP contribution is 2.13. The standard InChI is InChI=1S/C9H13N3S/c1-13-9(11)12-8-4-2-7(6-10)3-5-8/h2-5H,6,10H2,1H3,(H2,11,12). The van der Waals surface area contributed by atoms with Gasteiger partial charge in [0.05, 0.1) is 5.69 Å². The van der Waals surface area contributed by atoms with Crippen molar-refractivity contribution in [1.29, 1.82) is 0 Å². The summed E-state index contributed by atoms with van der Waals surface area (Å²) < 4.78 is 0. The van der Waals surface area contributed by atoms with Gasteiger partial charge in [0, 0.05) is 6.54 Å². The third-order valence-corrected chi connectivity index (χ3v) is 2.13. The van der Waals surface area contributed by atoms with E-state index in [2.05, 4.69) is 4.99 Å². The van der Waals surface area contributed by atoms with Crippen molar-refractivity contribution in [2.75, 3.05) is 6.26 Å². The van der Waals surface area contributed by atoms with Crippen LogP contribution in [0.2, 0.25) is 0 Å². The van der Waals surface area contributed by atoms with Gasteiger partial charge in [0.1, 0.15) is 0 Å². The van der Waals surface area contributed by atoms with Gasteiger partial charge in [0.2, 0.25) is 0 Å². The molecule has 0 heterocycles. The van der Waals surface area contributed by atoms with Crippen LogP contribution < -0.4 is 11.5 Å². The van der Waals surface area contributed by atoms with Gasteiger partial charge in [-0.2, -0.15) is 0 Å². The van der Waals surface area contributed by atoms with Crippen LogP contribution in [-0.4, -0.2) is 11.4 Å². The maximum atomic E-state index is 5.56. The minimum atomic E-state index is 0.558. The van der Waals surface area contributed by atoms with E-state index in [-0.39, 0.29) is 0 Å². The fourth-order valence-corrected chi connectivity index (χ4v) is 1.08. The summed E-state index contributed by atoms with van der Waals surface area (Å²) in [6, 6.07) is 7.72. The summed E-state index contributed by atoms with van der Waals surface area (Å²) in [5.41, 5.74) is 13.0. The summed E-state index contributed by atoms with van der Waals surface area (Å²) >= 11 is 1.43. The molecule has 4 heteroatoms. The molecule has 0 spiro atoms. The van der Waals surface area contributed by atoms with Gasteiger partial charge in [0.15, 0.2) is 5.17 Å². The molecule has 0 aliphatic carbocycles. The van der Waals surface area contributed by atoms with Crippen LogP contribution in [0.3, 0.4) is 0 Å². The summed E-state index contributed by atoms with van der Waals surface area (Å²) in [6.07, 6.45) is 1.90.